The van der Waals surface area contributed by atoms with Gasteiger partial charge in [-0.3, -0.25) is 15.1 Å². The Labute approximate surface area is 202 Å². The Kier molecular flexibility index (Phi) is 5.81. The van der Waals surface area contributed by atoms with Crippen LogP contribution < -0.4 is 4.90 Å². The van der Waals surface area contributed by atoms with Gasteiger partial charge < -0.3 is 5.11 Å². The van der Waals surface area contributed by atoms with Gasteiger partial charge in [0.05, 0.1) is 0 Å². The molecule has 0 amide bonds. The number of benzene rings is 3. The van der Waals surface area contributed by atoms with E-state index in [4.69, 9.17) is 0 Å². The minimum Gasteiger partial charge on any atom is -0.507 e. The van der Waals surface area contributed by atoms with E-state index in [1.165, 1.54) is 24.3 Å². The molecule has 1 atom stereocenters. The van der Waals surface area contributed by atoms with Crippen LogP contribution in [-0.2, 0) is 4.79 Å². The molecule has 0 radical (unpaired) electrons. The second kappa shape index (κ2) is 8.95. The quantitative estimate of drug-likeness (QED) is 0.412. The molecule has 176 valence electrons. The number of carbonyl (C=O) groups is 1. The lowest BCUT2D eigenvalue weighted by molar-refractivity contribution is -0.116. The van der Waals surface area contributed by atoms with Crippen molar-refractivity contribution in [3.63, 3.8) is 0 Å². The van der Waals surface area contributed by atoms with Crippen LogP contribution in [0.25, 0.3) is 5.76 Å². The van der Waals surface area contributed by atoms with Crippen LogP contribution >= 0.6 is 0 Å². The normalized spacial score (nSPS) is 19.6. The van der Waals surface area contributed by atoms with Crippen molar-refractivity contribution in [2.24, 2.45) is 0 Å². The number of nitrogens with zero attached hydrogens (tertiary/aromatic N) is 1. The number of nitrogens with one attached hydrogen (secondary N) is 1. The summed E-state index contributed by atoms with van der Waals surface area (Å²) >= 11 is 0. The molecule has 35 heavy (non-hydrogen) atoms. The van der Waals surface area contributed by atoms with Gasteiger partial charge in [0.25, 0.3) is 0 Å². The third kappa shape index (κ3) is 4.05. The summed E-state index contributed by atoms with van der Waals surface area (Å²) in [6, 6.07) is 18.8. The molecule has 0 bridgehead atoms. The summed E-state index contributed by atoms with van der Waals surface area (Å²) in [4.78, 5) is 15.0. The molecule has 1 aliphatic carbocycles. The maximum absolute atomic E-state index is 13.8. The van der Waals surface area contributed by atoms with Gasteiger partial charge in [-0.15, -0.1) is 0 Å². The summed E-state index contributed by atoms with van der Waals surface area (Å²) in [5.41, 5.74) is 4.06. The Hall–Kier alpha value is -4.06. The van der Waals surface area contributed by atoms with Crippen molar-refractivity contribution in [3.8, 4) is 0 Å². The number of Topliss-reactive ketones (excluding diaryl/α,β-unsaturated/α-hetero) is 1. The summed E-state index contributed by atoms with van der Waals surface area (Å²) in [5.74, 6) is -1.75. The lowest BCUT2D eigenvalue weighted by Crippen LogP contribution is -2.42. The van der Waals surface area contributed by atoms with Crippen LogP contribution in [0.2, 0.25) is 0 Å². The minimum absolute atomic E-state index is 0.00235. The Morgan fingerprint density at radius 1 is 0.914 bits per heavy atom. The Morgan fingerprint density at radius 2 is 1.51 bits per heavy atom. The SMILES string of the molecule is Cc1ccc(/C(O)=C2\C(=N)N(c3ccc(F)cc3)C3=C(C(=O)CCC3)C2c2ccc(F)cc2)cc1. The number of carbonyl (C=O) groups excluding carboxylic acids is 1. The number of amidine groups is 1. The van der Waals surface area contributed by atoms with E-state index in [-0.39, 0.29) is 23.0 Å². The van der Waals surface area contributed by atoms with Crippen LogP contribution in [-0.4, -0.2) is 16.7 Å². The molecule has 2 aliphatic rings. The molecule has 1 heterocycles. The number of halogens is 2. The van der Waals surface area contributed by atoms with Crippen molar-refractivity contribution in [3.05, 3.63) is 118 Å². The van der Waals surface area contributed by atoms with Crippen molar-refractivity contribution < 1.29 is 18.7 Å². The molecule has 0 spiro atoms. The molecule has 6 heteroatoms. The molecule has 0 saturated carbocycles. The summed E-state index contributed by atoms with van der Waals surface area (Å²) < 4.78 is 27.5. The van der Waals surface area contributed by atoms with Gasteiger partial charge in [-0.1, -0.05) is 42.0 Å². The lowest BCUT2D eigenvalue weighted by atomic mass is 9.73. The fourth-order valence-corrected chi connectivity index (χ4v) is 4.92. The smallest absolute Gasteiger partial charge is 0.161 e. The van der Waals surface area contributed by atoms with Crippen molar-refractivity contribution in [2.75, 3.05) is 4.90 Å². The minimum atomic E-state index is -0.732. The van der Waals surface area contributed by atoms with Gasteiger partial charge in [-0.05, 0) is 61.7 Å². The molecular formula is C29H24F2N2O2. The molecule has 5 rings (SSSR count). The van der Waals surface area contributed by atoms with Gasteiger partial charge in [0.2, 0.25) is 0 Å². The van der Waals surface area contributed by atoms with E-state index in [9.17, 15) is 24.1 Å². The van der Waals surface area contributed by atoms with Gasteiger partial charge in [-0.25, -0.2) is 8.78 Å². The number of aryl methyl sites for hydroxylation is 1. The lowest BCUT2D eigenvalue weighted by Gasteiger charge is -2.41. The first-order chi connectivity index (χ1) is 16.8. The number of aliphatic hydroxyl groups is 1. The average molecular weight is 471 g/mol. The summed E-state index contributed by atoms with van der Waals surface area (Å²) in [6.07, 6.45) is 1.53. The highest BCUT2D eigenvalue weighted by molar-refractivity contribution is 6.19. The molecular weight excluding hydrogens is 446 g/mol. The van der Waals surface area contributed by atoms with E-state index >= 15 is 0 Å². The monoisotopic (exact) mass is 470 g/mol. The Balaban J connectivity index is 1.81. The number of aliphatic hydroxyl groups excluding tert-OH is 1. The van der Waals surface area contributed by atoms with E-state index in [0.29, 0.717) is 47.3 Å². The average Bonchev–Trinajstić information content (AvgIpc) is 2.85. The van der Waals surface area contributed by atoms with E-state index in [1.807, 2.05) is 19.1 Å². The first-order valence-electron chi connectivity index (χ1n) is 11.5. The van der Waals surface area contributed by atoms with Crippen LogP contribution in [0.15, 0.2) is 89.6 Å². The highest BCUT2D eigenvalue weighted by Crippen LogP contribution is 2.47. The molecule has 3 aromatic carbocycles. The zero-order valence-electron chi connectivity index (χ0n) is 19.2. The predicted molar refractivity (Wildman–Crippen MR) is 132 cm³/mol. The molecule has 0 fully saturated rings. The van der Waals surface area contributed by atoms with Gasteiger partial charge in [0, 0.05) is 40.4 Å². The second-order valence-corrected chi connectivity index (χ2v) is 8.91. The van der Waals surface area contributed by atoms with E-state index in [1.54, 1.807) is 41.3 Å². The third-order valence-electron chi connectivity index (χ3n) is 6.62. The molecule has 0 saturated heterocycles. The Bertz CT molecular complexity index is 1370. The first-order valence-corrected chi connectivity index (χ1v) is 11.5. The van der Waals surface area contributed by atoms with Crippen LogP contribution in [0.5, 0.6) is 0 Å². The molecule has 3 aromatic rings. The van der Waals surface area contributed by atoms with Crippen molar-refractivity contribution in [1.29, 1.82) is 5.41 Å². The highest BCUT2D eigenvalue weighted by Gasteiger charge is 2.43. The topological polar surface area (TPSA) is 64.4 Å². The van der Waals surface area contributed by atoms with E-state index in [0.717, 1.165) is 5.56 Å². The van der Waals surface area contributed by atoms with Crippen LogP contribution in [0.1, 0.15) is 41.9 Å². The maximum atomic E-state index is 13.8. The zero-order chi connectivity index (χ0) is 24.7. The number of allylic oxidation sites excluding steroid dienone is 2. The largest absolute Gasteiger partial charge is 0.507 e. The number of anilines is 1. The molecule has 4 nitrogen and oxygen atoms in total. The Morgan fingerprint density at radius 3 is 2.14 bits per heavy atom. The number of ketones is 1. The molecule has 1 unspecified atom stereocenters. The maximum Gasteiger partial charge on any atom is 0.161 e. The molecule has 0 aromatic heterocycles. The zero-order valence-corrected chi connectivity index (χ0v) is 19.2. The van der Waals surface area contributed by atoms with Gasteiger partial charge in [0.15, 0.2) is 5.78 Å². The van der Waals surface area contributed by atoms with Crippen LogP contribution in [0.4, 0.5) is 14.5 Å². The number of rotatable bonds is 3. The number of hydrogen-bond acceptors (Lipinski definition) is 3. The fourth-order valence-electron chi connectivity index (χ4n) is 4.92. The van der Waals surface area contributed by atoms with Crippen molar-refractivity contribution >= 4 is 23.1 Å². The molecule has 2 N–H and O–H groups in total. The van der Waals surface area contributed by atoms with Gasteiger partial charge >= 0.3 is 0 Å². The summed E-state index contributed by atoms with van der Waals surface area (Å²) in [5, 5.41) is 20.7. The predicted octanol–water partition coefficient (Wildman–Crippen LogP) is 6.83. The van der Waals surface area contributed by atoms with E-state index in [2.05, 4.69) is 0 Å². The van der Waals surface area contributed by atoms with Crippen molar-refractivity contribution in [1.82, 2.24) is 0 Å². The van der Waals surface area contributed by atoms with Crippen LogP contribution in [0, 0.1) is 24.0 Å². The molecule has 1 aliphatic heterocycles. The summed E-state index contributed by atoms with van der Waals surface area (Å²) in [7, 11) is 0. The number of hydrogen-bond donors (Lipinski definition) is 2. The van der Waals surface area contributed by atoms with Crippen molar-refractivity contribution in [2.45, 2.75) is 32.1 Å². The van der Waals surface area contributed by atoms with Gasteiger partial charge in [-0.2, -0.15) is 0 Å². The highest BCUT2D eigenvalue weighted by atomic mass is 19.1. The van der Waals surface area contributed by atoms with E-state index < -0.39 is 17.6 Å². The second-order valence-electron chi connectivity index (χ2n) is 8.91. The third-order valence-corrected chi connectivity index (χ3v) is 6.62. The van der Waals surface area contributed by atoms with Crippen LogP contribution in [0.3, 0.4) is 0 Å². The van der Waals surface area contributed by atoms with Gasteiger partial charge in [0.1, 0.15) is 23.2 Å². The fraction of sp³-hybridized carbons (Fsp3) is 0.172. The first kappa shape index (κ1) is 22.7. The summed E-state index contributed by atoms with van der Waals surface area (Å²) in [6.45, 7) is 1.94. The standard InChI is InChI=1S/C29H24F2N2O2/c1-17-5-7-19(8-6-17)28(35)27-25(18-9-11-20(30)12-10-18)26-23(3-2-4-24(26)34)33(29(27)32)22-15-13-21(31)14-16-22/h5-16,25,32,35H,2-4H2,1H3/b28-27+,32-29?.